The normalized spacial score (nSPS) is 12.4. The van der Waals surface area contributed by atoms with E-state index in [2.05, 4.69) is 0 Å². The van der Waals surface area contributed by atoms with Gasteiger partial charge in [-0.1, -0.05) is 46.9 Å². The fraction of sp³-hybridized carbons (Fsp3) is 0.143. The van der Waals surface area contributed by atoms with Crippen molar-refractivity contribution in [3.63, 3.8) is 0 Å². The van der Waals surface area contributed by atoms with E-state index >= 15 is 0 Å². The molecule has 0 amide bonds. The van der Waals surface area contributed by atoms with E-state index in [-0.39, 0.29) is 5.25 Å². The molecule has 0 aliphatic rings. The molecular formula is C14H12Cl3NS. The molecule has 100 valence electrons. The first kappa shape index (κ1) is 15.0. The molecule has 0 aromatic heterocycles. The maximum atomic E-state index is 6.17. The highest BCUT2D eigenvalue weighted by Gasteiger charge is 2.14. The molecule has 1 atom stereocenters. The molecule has 2 aromatic carbocycles. The van der Waals surface area contributed by atoms with Gasteiger partial charge in [-0.3, -0.25) is 0 Å². The van der Waals surface area contributed by atoms with Gasteiger partial charge in [0.2, 0.25) is 0 Å². The third-order valence-corrected chi connectivity index (χ3v) is 4.85. The van der Waals surface area contributed by atoms with Gasteiger partial charge in [-0.05, 0) is 35.9 Å². The highest BCUT2D eigenvalue weighted by Crippen LogP contribution is 2.39. The number of rotatable bonds is 4. The Morgan fingerprint density at radius 1 is 1.00 bits per heavy atom. The summed E-state index contributed by atoms with van der Waals surface area (Å²) in [7, 11) is 0. The van der Waals surface area contributed by atoms with E-state index in [4.69, 9.17) is 40.5 Å². The summed E-state index contributed by atoms with van der Waals surface area (Å²) in [6.07, 6.45) is 0. The van der Waals surface area contributed by atoms with Crippen molar-refractivity contribution < 1.29 is 0 Å². The van der Waals surface area contributed by atoms with Gasteiger partial charge in [-0.25, -0.2) is 0 Å². The van der Waals surface area contributed by atoms with Crippen LogP contribution in [0.25, 0.3) is 0 Å². The van der Waals surface area contributed by atoms with Crippen LogP contribution in [0.2, 0.25) is 15.1 Å². The topological polar surface area (TPSA) is 26.0 Å². The van der Waals surface area contributed by atoms with E-state index in [1.165, 1.54) is 0 Å². The maximum absolute atomic E-state index is 6.17. The summed E-state index contributed by atoms with van der Waals surface area (Å²) in [5, 5.41) is 2.13. The van der Waals surface area contributed by atoms with Crippen molar-refractivity contribution in [1.29, 1.82) is 0 Å². The lowest BCUT2D eigenvalue weighted by atomic mass is 10.1. The van der Waals surface area contributed by atoms with Crippen LogP contribution in [0, 0.1) is 0 Å². The number of benzene rings is 2. The average molecular weight is 333 g/mol. The van der Waals surface area contributed by atoms with Crippen LogP contribution in [0.5, 0.6) is 0 Å². The molecule has 1 nitrogen and oxygen atoms in total. The molecule has 0 aliphatic heterocycles. The molecule has 0 fully saturated rings. The van der Waals surface area contributed by atoms with E-state index in [1.807, 2.05) is 30.3 Å². The largest absolute Gasteiger partial charge is 0.329 e. The predicted octanol–water partition coefficient (Wildman–Crippen LogP) is 5.44. The first-order valence-electron chi connectivity index (χ1n) is 5.67. The molecule has 2 rings (SSSR count). The van der Waals surface area contributed by atoms with Crippen LogP contribution in [0.4, 0.5) is 0 Å². The highest BCUT2D eigenvalue weighted by molar-refractivity contribution is 7.99. The Labute approximate surface area is 132 Å². The molecule has 19 heavy (non-hydrogen) atoms. The molecule has 0 heterocycles. The second kappa shape index (κ2) is 6.87. The number of nitrogens with two attached hydrogens (primary N) is 1. The third-order valence-electron chi connectivity index (χ3n) is 2.60. The molecule has 2 aromatic rings. The first-order valence-corrected chi connectivity index (χ1v) is 7.68. The van der Waals surface area contributed by atoms with Crippen LogP contribution in [0.1, 0.15) is 10.8 Å². The minimum atomic E-state index is 0.0923. The van der Waals surface area contributed by atoms with Crippen LogP contribution in [-0.2, 0) is 0 Å². The number of halogens is 3. The number of hydrogen-bond donors (Lipinski definition) is 1. The van der Waals surface area contributed by atoms with E-state index < -0.39 is 0 Å². The number of hydrogen-bond acceptors (Lipinski definition) is 2. The second-order valence-electron chi connectivity index (χ2n) is 3.97. The van der Waals surface area contributed by atoms with E-state index in [0.29, 0.717) is 21.6 Å². The van der Waals surface area contributed by atoms with Crippen molar-refractivity contribution in [3.8, 4) is 0 Å². The zero-order valence-corrected chi connectivity index (χ0v) is 13.0. The van der Waals surface area contributed by atoms with Crippen LogP contribution >= 0.6 is 46.6 Å². The van der Waals surface area contributed by atoms with E-state index in [0.717, 1.165) is 10.5 Å². The summed E-state index contributed by atoms with van der Waals surface area (Å²) in [4.78, 5) is 0.921. The Hall–Kier alpha value is -0.380. The van der Waals surface area contributed by atoms with Gasteiger partial charge in [0.25, 0.3) is 0 Å². The summed E-state index contributed by atoms with van der Waals surface area (Å²) in [5.74, 6) is 0. The van der Waals surface area contributed by atoms with Gasteiger partial charge in [0.15, 0.2) is 0 Å². The van der Waals surface area contributed by atoms with Gasteiger partial charge in [-0.2, -0.15) is 0 Å². The van der Waals surface area contributed by atoms with Crippen LogP contribution < -0.4 is 5.73 Å². The van der Waals surface area contributed by atoms with Gasteiger partial charge < -0.3 is 5.73 Å². The van der Waals surface area contributed by atoms with Crippen molar-refractivity contribution >= 4 is 46.6 Å². The summed E-state index contributed by atoms with van der Waals surface area (Å²) in [6, 6.07) is 13.1. The Kier molecular flexibility index (Phi) is 5.43. The highest BCUT2D eigenvalue weighted by atomic mass is 35.5. The van der Waals surface area contributed by atoms with Gasteiger partial charge in [0.1, 0.15) is 0 Å². The molecule has 0 saturated heterocycles. The number of thioether (sulfide) groups is 1. The second-order valence-corrected chi connectivity index (χ2v) is 6.50. The molecule has 0 spiro atoms. The van der Waals surface area contributed by atoms with Crippen LogP contribution in [0.3, 0.4) is 0 Å². The summed E-state index contributed by atoms with van der Waals surface area (Å²) < 4.78 is 0. The lowest BCUT2D eigenvalue weighted by Crippen LogP contribution is -2.09. The molecule has 0 bridgehead atoms. The zero-order chi connectivity index (χ0) is 13.8. The van der Waals surface area contributed by atoms with E-state index in [9.17, 15) is 0 Å². The Morgan fingerprint density at radius 3 is 2.42 bits per heavy atom. The fourth-order valence-electron chi connectivity index (χ4n) is 1.68. The molecule has 0 saturated carbocycles. The SMILES string of the molecule is NCC(Sc1cc(Cl)ccc1Cl)c1cccc(Cl)c1. The van der Waals surface area contributed by atoms with Crippen molar-refractivity contribution in [1.82, 2.24) is 0 Å². The molecule has 5 heteroatoms. The average Bonchev–Trinajstić information content (AvgIpc) is 2.39. The Bertz CT molecular complexity index is 574. The van der Waals surface area contributed by atoms with Gasteiger partial charge >= 0.3 is 0 Å². The fourth-order valence-corrected chi connectivity index (χ4v) is 3.43. The summed E-state index contributed by atoms with van der Waals surface area (Å²) in [5.41, 5.74) is 6.93. The van der Waals surface area contributed by atoms with Crippen LogP contribution in [0.15, 0.2) is 47.4 Å². The third kappa shape index (κ3) is 4.04. The zero-order valence-electron chi connectivity index (χ0n) is 9.95. The lowest BCUT2D eigenvalue weighted by Gasteiger charge is -2.16. The van der Waals surface area contributed by atoms with Crippen molar-refractivity contribution in [2.75, 3.05) is 6.54 Å². The minimum absolute atomic E-state index is 0.0923. The summed E-state index contributed by atoms with van der Waals surface area (Å²) >= 11 is 19.8. The summed E-state index contributed by atoms with van der Waals surface area (Å²) in [6.45, 7) is 0.494. The molecular weight excluding hydrogens is 321 g/mol. The standard InChI is InChI=1S/C14H12Cl3NS/c15-10-3-1-2-9(6-10)14(8-18)19-13-7-11(16)4-5-12(13)17/h1-7,14H,8,18H2. The van der Waals surface area contributed by atoms with Crippen molar-refractivity contribution in [3.05, 3.63) is 63.1 Å². The van der Waals surface area contributed by atoms with Crippen molar-refractivity contribution in [2.24, 2.45) is 5.73 Å². The Morgan fingerprint density at radius 2 is 1.74 bits per heavy atom. The van der Waals surface area contributed by atoms with Gasteiger partial charge in [0, 0.05) is 26.7 Å². The predicted molar refractivity (Wildman–Crippen MR) is 85.6 cm³/mol. The van der Waals surface area contributed by atoms with E-state index in [1.54, 1.807) is 23.9 Å². The molecule has 0 aliphatic carbocycles. The quantitative estimate of drug-likeness (QED) is 0.754. The molecule has 1 unspecified atom stereocenters. The monoisotopic (exact) mass is 331 g/mol. The first-order chi connectivity index (χ1) is 9.10. The lowest BCUT2D eigenvalue weighted by molar-refractivity contribution is 0.941. The van der Waals surface area contributed by atoms with Gasteiger partial charge in [-0.15, -0.1) is 11.8 Å². The van der Waals surface area contributed by atoms with Crippen molar-refractivity contribution in [2.45, 2.75) is 10.1 Å². The minimum Gasteiger partial charge on any atom is -0.329 e. The molecule has 2 N–H and O–H groups in total. The Balaban J connectivity index is 2.26. The maximum Gasteiger partial charge on any atom is 0.0543 e. The molecule has 0 radical (unpaired) electrons. The van der Waals surface area contributed by atoms with Crippen LogP contribution in [-0.4, -0.2) is 6.54 Å². The van der Waals surface area contributed by atoms with Gasteiger partial charge in [0.05, 0.1) is 5.02 Å². The smallest absolute Gasteiger partial charge is 0.0543 e.